The third kappa shape index (κ3) is 2.70. The fourth-order valence-corrected chi connectivity index (χ4v) is 2.11. The highest BCUT2D eigenvalue weighted by Crippen LogP contribution is 2.25. The SMILES string of the molecule is CCCCN1C(=O)C=C(C)C1=Cc1ccccc1. The Hall–Kier alpha value is -1.83. The number of carbonyl (C=O) groups is 1. The molecular formula is C16H19NO. The van der Waals surface area contributed by atoms with Crippen LogP contribution in [-0.2, 0) is 4.79 Å². The second-order valence-electron chi connectivity index (χ2n) is 4.61. The van der Waals surface area contributed by atoms with Crippen molar-refractivity contribution in [3.05, 3.63) is 53.2 Å². The van der Waals surface area contributed by atoms with Crippen LogP contribution in [0.4, 0.5) is 0 Å². The van der Waals surface area contributed by atoms with Crippen LogP contribution in [0.2, 0.25) is 0 Å². The van der Waals surface area contributed by atoms with Crippen molar-refractivity contribution in [2.24, 2.45) is 0 Å². The third-order valence-corrected chi connectivity index (χ3v) is 3.14. The van der Waals surface area contributed by atoms with E-state index in [1.54, 1.807) is 6.08 Å². The van der Waals surface area contributed by atoms with Crippen molar-refractivity contribution in [2.45, 2.75) is 26.7 Å². The van der Waals surface area contributed by atoms with Crippen LogP contribution in [0.25, 0.3) is 6.08 Å². The predicted octanol–water partition coefficient (Wildman–Crippen LogP) is 3.62. The first-order valence-electron chi connectivity index (χ1n) is 6.49. The molecule has 2 rings (SSSR count). The van der Waals surface area contributed by atoms with E-state index >= 15 is 0 Å². The molecular weight excluding hydrogens is 222 g/mol. The Morgan fingerprint density at radius 3 is 2.61 bits per heavy atom. The molecule has 94 valence electrons. The third-order valence-electron chi connectivity index (χ3n) is 3.14. The Bertz CT molecular complexity index is 485. The molecule has 0 saturated heterocycles. The molecule has 0 saturated carbocycles. The van der Waals surface area contributed by atoms with Gasteiger partial charge in [-0.1, -0.05) is 43.7 Å². The highest BCUT2D eigenvalue weighted by Gasteiger charge is 2.23. The number of benzene rings is 1. The van der Waals surface area contributed by atoms with Crippen LogP contribution in [0.1, 0.15) is 32.3 Å². The zero-order valence-electron chi connectivity index (χ0n) is 11.0. The van der Waals surface area contributed by atoms with Gasteiger partial charge in [-0.25, -0.2) is 0 Å². The van der Waals surface area contributed by atoms with E-state index in [4.69, 9.17) is 0 Å². The lowest BCUT2D eigenvalue weighted by molar-refractivity contribution is -0.123. The summed E-state index contributed by atoms with van der Waals surface area (Å²) in [5.41, 5.74) is 3.23. The van der Waals surface area contributed by atoms with Crippen molar-refractivity contribution < 1.29 is 4.79 Å². The van der Waals surface area contributed by atoms with Crippen LogP contribution in [0.3, 0.4) is 0 Å². The number of rotatable bonds is 4. The van der Waals surface area contributed by atoms with Crippen LogP contribution in [0.5, 0.6) is 0 Å². The number of amides is 1. The maximum absolute atomic E-state index is 11.9. The van der Waals surface area contributed by atoms with Crippen LogP contribution >= 0.6 is 0 Å². The van der Waals surface area contributed by atoms with E-state index in [1.165, 1.54) is 0 Å². The first kappa shape index (κ1) is 12.6. The fourth-order valence-electron chi connectivity index (χ4n) is 2.11. The van der Waals surface area contributed by atoms with E-state index in [1.807, 2.05) is 30.0 Å². The zero-order chi connectivity index (χ0) is 13.0. The Kier molecular flexibility index (Phi) is 3.98. The van der Waals surface area contributed by atoms with Gasteiger partial charge in [-0.15, -0.1) is 0 Å². The number of hydrogen-bond acceptors (Lipinski definition) is 1. The maximum Gasteiger partial charge on any atom is 0.251 e. The second kappa shape index (κ2) is 5.67. The van der Waals surface area contributed by atoms with Gasteiger partial charge in [0.15, 0.2) is 0 Å². The summed E-state index contributed by atoms with van der Waals surface area (Å²) < 4.78 is 0. The molecule has 1 aromatic rings. The molecule has 0 aliphatic carbocycles. The molecule has 0 spiro atoms. The van der Waals surface area contributed by atoms with Gasteiger partial charge in [0.1, 0.15) is 0 Å². The summed E-state index contributed by atoms with van der Waals surface area (Å²) in [6, 6.07) is 10.1. The highest BCUT2D eigenvalue weighted by molar-refractivity contribution is 5.96. The Labute approximate surface area is 109 Å². The fraction of sp³-hybridized carbons (Fsp3) is 0.312. The van der Waals surface area contributed by atoms with E-state index in [2.05, 4.69) is 25.1 Å². The summed E-state index contributed by atoms with van der Waals surface area (Å²) in [5, 5.41) is 0. The summed E-state index contributed by atoms with van der Waals surface area (Å²) in [5.74, 6) is 0.114. The van der Waals surface area contributed by atoms with E-state index in [0.717, 1.165) is 36.2 Å². The summed E-state index contributed by atoms with van der Waals surface area (Å²) in [4.78, 5) is 13.8. The minimum absolute atomic E-state index is 0.114. The van der Waals surface area contributed by atoms with Gasteiger partial charge < -0.3 is 4.90 Å². The van der Waals surface area contributed by atoms with Crippen LogP contribution in [0.15, 0.2) is 47.7 Å². The van der Waals surface area contributed by atoms with Crippen LogP contribution < -0.4 is 0 Å². The van der Waals surface area contributed by atoms with Gasteiger partial charge in [0, 0.05) is 18.3 Å². The van der Waals surface area contributed by atoms with E-state index < -0.39 is 0 Å². The number of nitrogens with zero attached hydrogens (tertiary/aromatic N) is 1. The minimum atomic E-state index is 0.114. The Morgan fingerprint density at radius 1 is 1.22 bits per heavy atom. The van der Waals surface area contributed by atoms with Crippen molar-refractivity contribution in [3.63, 3.8) is 0 Å². The molecule has 1 aliphatic rings. The van der Waals surface area contributed by atoms with Gasteiger partial charge in [-0.3, -0.25) is 4.79 Å². The summed E-state index contributed by atoms with van der Waals surface area (Å²) in [6.45, 7) is 4.95. The summed E-state index contributed by atoms with van der Waals surface area (Å²) in [7, 11) is 0. The maximum atomic E-state index is 11.9. The molecule has 0 atom stereocenters. The number of unbranched alkanes of at least 4 members (excludes halogenated alkanes) is 1. The number of allylic oxidation sites excluding steroid dienone is 1. The van der Waals surface area contributed by atoms with Crippen molar-refractivity contribution in [2.75, 3.05) is 6.54 Å². The van der Waals surface area contributed by atoms with Gasteiger partial charge in [0.25, 0.3) is 5.91 Å². The zero-order valence-corrected chi connectivity index (χ0v) is 11.0. The molecule has 1 aromatic carbocycles. The van der Waals surface area contributed by atoms with Crippen molar-refractivity contribution in [1.29, 1.82) is 0 Å². The van der Waals surface area contributed by atoms with Crippen molar-refractivity contribution >= 4 is 12.0 Å². The first-order chi connectivity index (χ1) is 8.72. The van der Waals surface area contributed by atoms with Gasteiger partial charge in [0.2, 0.25) is 0 Å². The number of hydrogen-bond donors (Lipinski definition) is 0. The molecule has 0 N–H and O–H groups in total. The molecule has 1 heterocycles. The first-order valence-corrected chi connectivity index (χ1v) is 6.49. The Morgan fingerprint density at radius 2 is 1.94 bits per heavy atom. The molecule has 0 unspecified atom stereocenters. The van der Waals surface area contributed by atoms with Gasteiger partial charge >= 0.3 is 0 Å². The molecule has 0 aromatic heterocycles. The monoisotopic (exact) mass is 241 g/mol. The molecule has 2 heteroatoms. The average molecular weight is 241 g/mol. The largest absolute Gasteiger partial charge is 0.309 e. The minimum Gasteiger partial charge on any atom is -0.309 e. The normalized spacial score (nSPS) is 17.4. The molecule has 0 fully saturated rings. The Balaban J connectivity index is 2.26. The summed E-state index contributed by atoms with van der Waals surface area (Å²) in [6.07, 6.45) is 5.96. The predicted molar refractivity (Wildman–Crippen MR) is 74.8 cm³/mol. The molecule has 18 heavy (non-hydrogen) atoms. The standard InChI is InChI=1S/C16H19NO/c1-3-4-10-17-15(13(2)11-16(17)18)12-14-8-6-5-7-9-14/h5-9,11-12H,3-4,10H2,1-2H3. The van der Waals surface area contributed by atoms with Gasteiger partial charge in [0.05, 0.1) is 0 Å². The topological polar surface area (TPSA) is 20.3 Å². The molecule has 1 aliphatic heterocycles. The lowest BCUT2D eigenvalue weighted by Gasteiger charge is -2.19. The van der Waals surface area contributed by atoms with Crippen molar-refractivity contribution in [3.8, 4) is 0 Å². The molecule has 2 nitrogen and oxygen atoms in total. The van der Waals surface area contributed by atoms with Gasteiger partial charge in [-0.2, -0.15) is 0 Å². The van der Waals surface area contributed by atoms with E-state index in [9.17, 15) is 4.79 Å². The van der Waals surface area contributed by atoms with E-state index in [-0.39, 0.29) is 5.91 Å². The highest BCUT2D eigenvalue weighted by atomic mass is 16.2. The molecule has 1 amide bonds. The van der Waals surface area contributed by atoms with Gasteiger partial charge in [-0.05, 0) is 30.6 Å². The van der Waals surface area contributed by atoms with Crippen LogP contribution in [0, 0.1) is 0 Å². The summed E-state index contributed by atoms with van der Waals surface area (Å²) >= 11 is 0. The number of carbonyl (C=O) groups excluding carboxylic acids is 1. The smallest absolute Gasteiger partial charge is 0.251 e. The average Bonchev–Trinajstić information content (AvgIpc) is 2.63. The second-order valence-corrected chi connectivity index (χ2v) is 4.61. The van der Waals surface area contributed by atoms with Crippen LogP contribution in [-0.4, -0.2) is 17.4 Å². The molecule has 0 bridgehead atoms. The quantitative estimate of drug-likeness (QED) is 0.788. The van der Waals surface area contributed by atoms with E-state index in [0.29, 0.717) is 0 Å². The lowest BCUT2D eigenvalue weighted by atomic mass is 10.1. The lowest BCUT2D eigenvalue weighted by Crippen LogP contribution is -2.25. The molecule has 0 radical (unpaired) electrons. The van der Waals surface area contributed by atoms with Crippen molar-refractivity contribution in [1.82, 2.24) is 4.90 Å².